The van der Waals surface area contributed by atoms with Crippen LogP contribution in [0.3, 0.4) is 0 Å². The Hall–Kier alpha value is -1.00. The molecule has 0 radical (unpaired) electrons. The normalized spacial score (nSPS) is 20.5. The maximum Gasteiger partial charge on any atom is 0.0715 e. The molecule has 1 aliphatic carbocycles. The third kappa shape index (κ3) is 1.55. The Kier molecular flexibility index (Phi) is 2.24. The van der Waals surface area contributed by atoms with Crippen molar-refractivity contribution < 1.29 is 0 Å². The predicted molar refractivity (Wildman–Crippen MR) is 52.7 cm³/mol. The molecule has 13 heavy (non-hydrogen) atoms. The molecule has 1 unspecified atom stereocenters. The quantitative estimate of drug-likeness (QED) is 0.618. The van der Waals surface area contributed by atoms with Gasteiger partial charge in [-0.15, -0.1) is 0 Å². The van der Waals surface area contributed by atoms with Gasteiger partial charge >= 0.3 is 0 Å². The van der Waals surface area contributed by atoms with Crippen LogP contribution in [0, 0.1) is 11.3 Å². The minimum Gasteiger partial charge on any atom is -0.198 e. The van der Waals surface area contributed by atoms with Crippen molar-refractivity contribution in [2.45, 2.75) is 25.2 Å². The highest BCUT2D eigenvalue weighted by molar-refractivity contribution is 6.30. The summed E-state index contributed by atoms with van der Waals surface area (Å²) in [4.78, 5) is 0. The molecule has 0 fully saturated rings. The standard InChI is InChI=1S/C11H10ClN/c12-10-4-5-11-8(6-10)2-1-3-9(11)7-13/h4-6,9H,1-3H2. The molecule has 0 saturated heterocycles. The molecule has 0 spiro atoms. The summed E-state index contributed by atoms with van der Waals surface area (Å²) >= 11 is 5.88. The molecule has 0 heterocycles. The molecule has 0 N–H and O–H groups in total. The van der Waals surface area contributed by atoms with Gasteiger partial charge in [0.05, 0.1) is 12.0 Å². The SMILES string of the molecule is N#CC1CCCc2cc(Cl)ccc21. The average Bonchev–Trinajstić information content (AvgIpc) is 2.16. The smallest absolute Gasteiger partial charge is 0.0715 e. The Morgan fingerprint density at radius 3 is 3.08 bits per heavy atom. The number of aryl methyl sites for hydroxylation is 1. The fraction of sp³-hybridized carbons (Fsp3) is 0.364. The summed E-state index contributed by atoms with van der Waals surface area (Å²) in [5.41, 5.74) is 2.43. The van der Waals surface area contributed by atoms with Crippen LogP contribution in [0.15, 0.2) is 18.2 Å². The molecule has 1 aromatic carbocycles. The van der Waals surface area contributed by atoms with Gasteiger partial charge in [-0.1, -0.05) is 17.7 Å². The highest BCUT2D eigenvalue weighted by Crippen LogP contribution is 2.32. The maximum absolute atomic E-state index is 8.92. The third-order valence-electron chi connectivity index (χ3n) is 2.58. The topological polar surface area (TPSA) is 23.8 Å². The summed E-state index contributed by atoms with van der Waals surface area (Å²) in [5, 5.41) is 9.70. The molecule has 0 bridgehead atoms. The lowest BCUT2D eigenvalue weighted by atomic mass is 9.84. The van der Waals surface area contributed by atoms with Crippen LogP contribution in [-0.4, -0.2) is 0 Å². The second-order valence-corrected chi connectivity index (χ2v) is 3.85. The van der Waals surface area contributed by atoms with E-state index < -0.39 is 0 Å². The third-order valence-corrected chi connectivity index (χ3v) is 2.81. The molecule has 0 saturated carbocycles. The lowest BCUT2D eigenvalue weighted by Gasteiger charge is -2.20. The van der Waals surface area contributed by atoms with Crippen molar-refractivity contribution in [3.63, 3.8) is 0 Å². The van der Waals surface area contributed by atoms with E-state index in [1.54, 1.807) is 0 Å². The van der Waals surface area contributed by atoms with E-state index in [9.17, 15) is 0 Å². The molecule has 1 atom stereocenters. The van der Waals surface area contributed by atoms with Gasteiger partial charge in [0, 0.05) is 5.02 Å². The van der Waals surface area contributed by atoms with E-state index in [0.29, 0.717) is 0 Å². The zero-order valence-electron chi connectivity index (χ0n) is 7.26. The first-order chi connectivity index (χ1) is 6.31. The number of rotatable bonds is 0. The van der Waals surface area contributed by atoms with Crippen molar-refractivity contribution in [3.8, 4) is 6.07 Å². The summed E-state index contributed by atoms with van der Waals surface area (Å²) in [7, 11) is 0. The zero-order valence-corrected chi connectivity index (χ0v) is 8.01. The predicted octanol–water partition coefficient (Wildman–Crippen LogP) is 3.28. The van der Waals surface area contributed by atoms with Crippen LogP contribution in [0.2, 0.25) is 5.02 Å². The summed E-state index contributed by atoms with van der Waals surface area (Å²) in [5.74, 6) is 0.0843. The molecule has 1 aliphatic rings. The van der Waals surface area contributed by atoms with Crippen LogP contribution in [0.4, 0.5) is 0 Å². The molecule has 0 aliphatic heterocycles. The molecule has 0 aromatic heterocycles. The lowest BCUT2D eigenvalue weighted by molar-refractivity contribution is 0.637. The van der Waals surface area contributed by atoms with E-state index in [0.717, 1.165) is 24.3 Å². The van der Waals surface area contributed by atoms with Gasteiger partial charge in [0.15, 0.2) is 0 Å². The fourth-order valence-corrected chi connectivity index (χ4v) is 2.11. The Balaban J connectivity index is 2.47. The van der Waals surface area contributed by atoms with Crippen LogP contribution < -0.4 is 0 Å². The van der Waals surface area contributed by atoms with Gasteiger partial charge < -0.3 is 0 Å². The van der Waals surface area contributed by atoms with Gasteiger partial charge in [0.1, 0.15) is 0 Å². The van der Waals surface area contributed by atoms with Crippen LogP contribution in [0.1, 0.15) is 29.9 Å². The monoisotopic (exact) mass is 191 g/mol. The summed E-state index contributed by atoms with van der Waals surface area (Å²) in [6.07, 6.45) is 3.16. The maximum atomic E-state index is 8.92. The number of fused-ring (bicyclic) bond motifs is 1. The molecule has 2 heteroatoms. The van der Waals surface area contributed by atoms with Crippen molar-refractivity contribution in [3.05, 3.63) is 34.3 Å². The number of hydrogen-bond donors (Lipinski definition) is 0. The minimum atomic E-state index is 0.0843. The van der Waals surface area contributed by atoms with Gasteiger partial charge in [-0.2, -0.15) is 5.26 Å². The Morgan fingerprint density at radius 1 is 1.46 bits per heavy atom. The fourth-order valence-electron chi connectivity index (χ4n) is 1.92. The summed E-state index contributed by atoms with van der Waals surface area (Å²) < 4.78 is 0. The number of benzene rings is 1. The Bertz CT molecular complexity index is 365. The Morgan fingerprint density at radius 2 is 2.31 bits per heavy atom. The van der Waals surface area contributed by atoms with Gasteiger partial charge in [0.2, 0.25) is 0 Å². The second-order valence-electron chi connectivity index (χ2n) is 3.42. The van der Waals surface area contributed by atoms with E-state index in [-0.39, 0.29) is 5.92 Å². The molecule has 66 valence electrons. The first-order valence-corrected chi connectivity index (χ1v) is 4.87. The van der Waals surface area contributed by atoms with E-state index in [4.69, 9.17) is 16.9 Å². The number of hydrogen-bond acceptors (Lipinski definition) is 1. The van der Waals surface area contributed by atoms with E-state index in [1.807, 2.05) is 18.2 Å². The minimum absolute atomic E-state index is 0.0843. The van der Waals surface area contributed by atoms with Crippen LogP contribution >= 0.6 is 11.6 Å². The zero-order chi connectivity index (χ0) is 9.26. The second kappa shape index (κ2) is 3.40. The lowest BCUT2D eigenvalue weighted by Crippen LogP contribution is -2.07. The molecule has 2 rings (SSSR count). The summed E-state index contributed by atoms with van der Waals surface area (Å²) in [6.45, 7) is 0. The highest BCUT2D eigenvalue weighted by Gasteiger charge is 2.19. The first kappa shape index (κ1) is 8.59. The van der Waals surface area contributed by atoms with Crippen molar-refractivity contribution in [1.82, 2.24) is 0 Å². The molecule has 0 amide bonds. The average molecular weight is 192 g/mol. The number of halogens is 1. The molecular formula is C11H10ClN. The van der Waals surface area contributed by atoms with E-state index >= 15 is 0 Å². The molecule has 1 nitrogen and oxygen atoms in total. The van der Waals surface area contributed by atoms with Crippen molar-refractivity contribution in [2.75, 3.05) is 0 Å². The first-order valence-electron chi connectivity index (χ1n) is 4.49. The largest absolute Gasteiger partial charge is 0.198 e. The Labute approximate surface area is 82.9 Å². The highest BCUT2D eigenvalue weighted by atomic mass is 35.5. The van der Waals surface area contributed by atoms with Gasteiger partial charge in [-0.05, 0) is 42.5 Å². The molecule has 1 aromatic rings. The summed E-state index contributed by atoms with van der Waals surface area (Å²) in [6, 6.07) is 8.18. The van der Waals surface area contributed by atoms with Crippen LogP contribution in [0.25, 0.3) is 0 Å². The van der Waals surface area contributed by atoms with Crippen molar-refractivity contribution in [2.24, 2.45) is 0 Å². The number of nitrogens with zero attached hydrogens (tertiary/aromatic N) is 1. The van der Waals surface area contributed by atoms with Crippen LogP contribution in [-0.2, 0) is 6.42 Å². The number of nitriles is 1. The van der Waals surface area contributed by atoms with Gasteiger partial charge in [-0.25, -0.2) is 0 Å². The van der Waals surface area contributed by atoms with Gasteiger partial charge in [-0.3, -0.25) is 0 Å². The molecular weight excluding hydrogens is 182 g/mol. The van der Waals surface area contributed by atoms with Crippen LogP contribution in [0.5, 0.6) is 0 Å². The van der Waals surface area contributed by atoms with Gasteiger partial charge in [0.25, 0.3) is 0 Å². The van der Waals surface area contributed by atoms with Crippen molar-refractivity contribution in [1.29, 1.82) is 5.26 Å². The van der Waals surface area contributed by atoms with E-state index in [2.05, 4.69) is 6.07 Å². The van der Waals surface area contributed by atoms with Crippen molar-refractivity contribution >= 4 is 11.6 Å². The van der Waals surface area contributed by atoms with E-state index in [1.165, 1.54) is 11.1 Å².